The minimum Gasteiger partial charge on any atom is -0.481 e. The summed E-state index contributed by atoms with van der Waals surface area (Å²) >= 11 is 0. The van der Waals surface area contributed by atoms with Crippen molar-refractivity contribution < 1.29 is 14.7 Å². The maximum Gasteiger partial charge on any atom is 0.310 e. The number of aliphatic carboxylic acids is 1. The molecule has 0 aromatic heterocycles. The zero-order valence-electron chi connectivity index (χ0n) is 7.67. The second-order valence-electron chi connectivity index (χ2n) is 3.40. The first-order valence-corrected chi connectivity index (χ1v) is 4.26. The Hall–Kier alpha value is -0.860. The molecule has 0 amide bonds. The number of hydrogen-bond acceptors (Lipinski definition) is 2. The molecule has 0 fully saturated rings. The Labute approximate surface area is 72.8 Å². The Morgan fingerprint density at radius 1 is 1.33 bits per heavy atom. The van der Waals surface area contributed by atoms with E-state index in [1.54, 1.807) is 0 Å². The van der Waals surface area contributed by atoms with Crippen LogP contribution in [-0.4, -0.2) is 16.9 Å². The lowest BCUT2D eigenvalue weighted by molar-refractivity contribution is -0.140. The van der Waals surface area contributed by atoms with E-state index in [1.807, 2.05) is 0 Å². The van der Waals surface area contributed by atoms with Crippen molar-refractivity contribution in [2.75, 3.05) is 0 Å². The molecular formula is C9H16O3. The maximum atomic E-state index is 10.9. The highest BCUT2D eigenvalue weighted by Crippen LogP contribution is 2.07. The van der Waals surface area contributed by atoms with Gasteiger partial charge in [0.25, 0.3) is 0 Å². The Kier molecular flexibility index (Phi) is 5.34. The molecule has 1 N–H and O–H groups in total. The standard InChI is InChI=1S/C9H16O3/c1-7(2)4-3-5-8(10)6-9(11)12/h7H,3-6H2,1-2H3,(H,11,12). The topological polar surface area (TPSA) is 54.4 Å². The van der Waals surface area contributed by atoms with Gasteiger partial charge in [0.1, 0.15) is 12.2 Å². The van der Waals surface area contributed by atoms with Crippen LogP contribution in [0.4, 0.5) is 0 Å². The third-order valence-corrected chi connectivity index (χ3v) is 1.59. The molecule has 0 bridgehead atoms. The normalized spacial score (nSPS) is 10.2. The summed E-state index contributed by atoms with van der Waals surface area (Å²) in [6.07, 6.45) is 1.89. The number of rotatable bonds is 6. The van der Waals surface area contributed by atoms with E-state index >= 15 is 0 Å². The fraction of sp³-hybridized carbons (Fsp3) is 0.778. The van der Waals surface area contributed by atoms with Crippen LogP contribution in [0.25, 0.3) is 0 Å². The van der Waals surface area contributed by atoms with Gasteiger partial charge in [-0.05, 0) is 12.3 Å². The Morgan fingerprint density at radius 3 is 2.33 bits per heavy atom. The molecule has 0 aromatic rings. The van der Waals surface area contributed by atoms with E-state index in [1.165, 1.54) is 0 Å². The minimum absolute atomic E-state index is 0.164. The van der Waals surface area contributed by atoms with Crippen molar-refractivity contribution in [3.63, 3.8) is 0 Å². The Balaban J connectivity index is 3.38. The van der Waals surface area contributed by atoms with Crippen LogP contribution in [0.1, 0.15) is 39.5 Å². The number of ketones is 1. The van der Waals surface area contributed by atoms with Crippen LogP contribution < -0.4 is 0 Å². The van der Waals surface area contributed by atoms with E-state index in [0.717, 1.165) is 12.8 Å². The Bertz CT molecular complexity index is 161. The number of carboxylic acid groups (broad SMARTS) is 1. The van der Waals surface area contributed by atoms with Gasteiger partial charge in [0, 0.05) is 6.42 Å². The van der Waals surface area contributed by atoms with Crippen molar-refractivity contribution in [2.45, 2.75) is 39.5 Å². The van der Waals surface area contributed by atoms with Gasteiger partial charge < -0.3 is 5.11 Å². The Morgan fingerprint density at radius 2 is 1.92 bits per heavy atom. The molecular weight excluding hydrogens is 156 g/mol. The lowest BCUT2D eigenvalue weighted by Gasteiger charge is -2.01. The van der Waals surface area contributed by atoms with Crippen molar-refractivity contribution in [1.29, 1.82) is 0 Å². The average Bonchev–Trinajstić information content (AvgIpc) is 1.84. The first-order chi connectivity index (χ1) is 5.52. The van der Waals surface area contributed by atoms with Gasteiger partial charge in [-0.3, -0.25) is 9.59 Å². The van der Waals surface area contributed by atoms with Crippen LogP contribution in [0.2, 0.25) is 0 Å². The maximum absolute atomic E-state index is 10.9. The summed E-state index contributed by atoms with van der Waals surface area (Å²) in [7, 11) is 0. The van der Waals surface area contributed by atoms with Gasteiger partial charge in [-0.1, -0.05) is 20.3 Å². The molecule has 0 rings (SSSR count). The second kappa shape index (κ2) is 5.75. The molecule has 70 valence electrons. The molecule has 0 saturated carbocycles. The summed E-state index contributed by atoms with van der Waals surface area (Å²) < 4.78 is 0. The molecule has 3 nitrogen and oxygen atoms in total. The van der Waals surface area contributed by atoms with Crippen molar-refractivity contribution in [1.82, 2.24) is 0 Å². The molecule has 0 unspecified atom stereocenters. The van der Waals surface area contributed by atoms with Crippen molar-refractivity contribution in [3.8, 4) is 0 Å². The quantitative estimate of drug-likeness (QED) is 0.622. The highest BCUT2D eigenvalue weighted by atomic mass is 16.4. The number of carboxylic acids is 1. The van der Waals surface area contributed by atoms with E-state index in [2.05, 4.69) is 13.8 Å². The van der Waals surface area contributed by atoms with Crippen molar-refractivity contribution in [2.24, 2.45) is 5.92 Å². The SMILES string of the molecule is CC(C)CCCC(=O)CC(=O)O. The van der Waals surface area contributed by atoms with Gasteiger partial charge in [-0.2, -0.15) is 0 Å². The first kappa shape index (κ1) is 11.1. The largest absolute Gasteiger partial charge is 0.481 e. The summed E-state index contributed by atoms with van der Waals surface area (Å²) in [5, 5.41) is 8.27. The second-order valence-corrected chi connectivity index (χ2v) is 3.40. The van der Waals surface area contributed by atoms with Crippen LogP contribution in [0.15, 0.2) is 0 Å². The highest BCUT2D eigenvalue weighted by molar-refractivity contribution is 5.94. The van der Waals surface area contributed by atoms with Crippen LogP contribution in [-0.2, 0) is 9.59 Å². The lowest BCUT2D eigenvalue weighted by atomic mass is 10.0. The number of Topliss-reactive ketones (excluding diaryl/α,β-unsaturated/α-hetero) is 1. The zero-order chi connectivity index (χ0) is 9.56. The van der Waals surface area contributed by atoms with Crippen molar-refractivity contribution >= 4 is 11.8 Å². The van der Waals surface area contributed by atoms with E-state index in [-0.39, 0.29) is 12.2 Å². The van der Waals surface area contributed by atoms with E-state index < -0.39 is 5.97 Å². The van der Waals surface area contributed by atoms with Gasteiger partial charge in [-0.25, -0.2) is 0 Å². The lowest BCUT2D eigenvalue weighted by Crippen LogP contribution is -2.06. The molecule has 0 heterocycles. The molecule has 0 radical (unpaired) electrons. The fourth-order valence-electron chi connectivity index (χ4n) is 0.965. The molecule has 0 atom stereocenters. The van der Waals surface area contributed by atoms with E-state index in [4.69, 9.17) is 5.11 Å². The number of hydrogen-bond donors (Lipinski definition) is 1. The fourth-order valence-corrected chi connectivity index (χ4v) is 0.965. The van der Waals surface area contributed by atoms with Crippen LogP contribution in [0.5, 0.6) is 0 Å². The predicted molar refractivity (Wildman–Crippen MR) is 45.9 cm³/mol. The smallest absolute Gasteiger partial charge is 0.310 e. The molecule has 0 saturated heterocycles. The molecule has 0 aromatic carbocycles. The van der Waals surface area contributed by atoms with E-state index in [9.17, 15) is 9.59 Å². The van der Waals surface area contributed by atoms with Crippen LogP contribution >= 0.6 is 0 Å². The third-order valence-electron chi connectivity index (χ3n) is 1.59. The third kappa shape index (κ3) is 7.25. The summed E-state index contributed by atoms with van der Waals surface area (Å²) in [5.74, 6) is -0.602. The number of carbonyl (C=O) groups is 2. The molecule has 0 spiro atoms. The molecule has 3 heteroatoms. The van der Waals surface area contributed by atoms with Gasteiger partial charge in [0.15, 0.2) is 0 Å². The monoisotopic (exact) mass is 172 g/mol. The first-order valence-electron chi connectivity index (χ1n) is 4.26. The summed E-state index contributed by atoms with van der Waals surface area (Å²) in [6, 6.07) is 0. The van der Waals surface area contributed by atoms with Gasteiger partial charge >= 0.3 is 5.97 Å². The van der Waals surface area contributed by atoms with Gasteiger partial charge in [-0.15, -0.1) is 0 Å². The molecule has 0 aliphatic carbocycles. The number of carbonyl (C=O) groups excluding carboxylic acids is 1. The van der Waals surface area contributed by atoms with E-state index in [0.29, 0.717) is 12.3 Å². The van der Waals surface area contributed by atoms with Crippen LogP contribution in [0.3, 0.4) is 0 Å². The van der Waals surface area contributed by atoms with Crippen LogP contribution in [0, 0.1) is 5.92 Å². The summed E-state index contributed by atoms with van der Waals surface area (Å²) in [4.78, 5) is 20.9. The summed E-state index contributed by atoms with van der Waals surface area (Å²) in [5.41, 5.74) is 0. The minimum atomic E-state index is -1.02. The predicted octanol–water partition coefficient (Wildman–Crippen LogP) is 1.86. The molecule has 0 aliphatic heterocycles. The average molecular weight is 172 g/mol. The van der Waals surface area contributed by atoms with Gasteiger partial charge in [0.05, 0.1) is 0 Å². The highest BCUT2D eigenvalue weighted by Gasteiger charge is 2.07. The van der Waals surface area contributed by atoms with Crippen molar-refractivity contribution in [3.05, 3.63) is 0 Å². The molecule has 12 heavy (non-hydrogen) atoms. The zero-order valence-corrected chi connectivity index (χ0v) is 7.67. The van der Waals surface area contributed by atoms with Gasteiger partial charge in [0.2, 0.25) is 0 Å². The summed E-state index contributed by atoms with van der Waals surface area (Å²) in [6.45, 7) is 4.17. The molecule has 0 aliphatic rings.